The lowest BCUT2D eigenvalue weighted by atomic mass is 10.2. The van der Waals surface area contributed by atoms with Crippen LogP contribution in [0.25, 0.3) is 0 Å². The van der Waals surface area contributed by atoms with Crippen molar-refractivity contribution in [3.63, 3.8) is 0 Å². The van der Waals surface area contributed by atoms with Crippen LogP contribution in [-0.4, -0.2) is 23.2 Å². The van der Waals surface area contributed by atoms with Gasteiger partial charge in [0.15, 0.2) is 0 Å². The first kappa shape index (κ1) is 19.8. The summed E-state index contributed by atoms with van der Waals surface area (Å²) in [5.74, 6) is -1.57. The number of ether oxygens (including phenoxy) is 1. The fourth-order valence-electron chi connectivity index (χ4n) is 1.56. The minimum absolute atomic E-state index is 0.0417. The van der Waals surface area contributed by atoms with E-state index in [0.29, 0.717) is 4.90 Å². The smallest absolute Gasteiger partial charge is 0.319 e. The Balaban J connectivity index is 2.94. The van der Waals surface area contributed by atoms with Crippen molar-refractivity contribution in [3.8, 4) is 0 Å². The van der Waals surface area contributed by atoms with E-state index in [1.807, 2.05) is 0 Å². The summed E-state index contributed by atoms with van der Waals surface area (Å²) in [5, 5.41) is 2.18. The van der Waals surface area contributed by atoms with Gasteiger partial charge in [0.05, 0.1) is 16.8 Å². The Morgan fingerprint density at radius 3 is 2.35 bits per heavy atom. The Morgan fingerprint density at radius 1 is 1.22 bits per heavy atom. The monoisotopic (exact) mass is 361 g/mol. The molecular weight excluding hydrogens is 341 g/mol. The van der Waals surface area contributed by atoms with E-state index < -0.39 is 11.1 Å². The van der Waals surface area contributed by atoms with E-state index in [-0.39, 0.29) is 34.6 Å². The highest BCUT2D eigenvalue weighted by atomic mass is 35.5. The fraction of sp³-hybridized carbons (Fsp3) is 0.500. The third-order valence-corrected chi connectivity index (χ3v) is 4.35. The zero-order chi connectivity index (χ0) is 17.7. The Kier molecular flexibility index (Phi) is 7.35. The summed E-state index contributed by atoms with van der Waals surface area (Å²) in [6, 6.07) is 2.56. The largest absolute Gasteiger partial charge is 0.462 e. The molecule has 1 aromatic rings. The molecule has 0 radical (unpaired) electrons. The molecule has 23 heavy (non-hydrogen) atoms. The van der Waals surface area contributed by atoms with Gasteiger partial charge in [0.1, 0.15) is 11.1 Å². The zero-order valence-corrected chi connectivity index (χ0v) is 15.3. The van der Waals surface area contributed by atoms with E-state index >= 15 is 0 Å². The maximum Gasteiger partial charge on any atom is 0.319 e. The Morgan fingerprint density at radius 2 is 1.83 bits per heavy atom. The number of carbonyl (C=O) groups excluding carboxylic acids is 2. The molecule has 0 aliphatic heterocycles. The average Bonchev–Trinajstić information content (AvgIpc) is 2.42. The molecule has 0 bridgehead atoms. The van der Waals surface area contributed by atoms with E-state index in [0.717, 1.165) is 17.8 Å². The first-order valence-corrected chi connectivity index (χ1v) is 8.54. The number of rotatable bonds is 6. The predicted octanol–water partition coefficient (Wildman–Crippen LogP) is 4.51. The summed E-state index contributed by atoms with van der Waals surface area (Å²) >= 11 is 7.18. The summed E-state index contributed by atoms with van der Waals surface area (Å²) in [7, 11) is 0. The van der Waals surface area contributed by atoms with Gasteiger partial charge in [-0.25, -0.2) is 4.39 Å². The fourth-order valence-corrected chi connectivity index (χ4v) is 2.73. The number of nitrogens with one attached hydrogen (secondary N) is 1. The lowest BCUT2D eigenvalue weighted by Gasteiger charge is -2.16. The molecule has 1 N–H and O–H groups in total. The number of anilines is 1. The lowest BCUT2D eigenvalue weighted by molar-refractivity contribution is -0.146. The van der Waals surface area contributed by atoms with Crippen molar-refractivity contribution in [1.82, 2.24) is 0 Å². The highest BCUT2D eigenvalue weighted by molar-refractivity contribution is 8.00. The van der Waals surface area contributed by atoms with Crippen molar-refractivity contribution in [2.24, 2.45) is 5.92 Å². The Labute approximate surface area is 145 Å². The van der Waals surface area contributed by atoms with Gasteiger partial charge in [-0.1, -0.05) is 25.4 Å². The van der Waals surface area contributed by atoms with Gasteiger partial charge in [-0.15, -0.1) is 11.8 Å². The molecule has 0 aliphatic carbocycles. The number of hydrogen-bond donors (Lipinski definition) is 1. The van der Waals surface area contributed by atoms with Crippen LogP contribution in [0.5, 0.6) is 0 Å². The van der Waals surface area contributed by atoms with Crippen LogP contribution in [0.4, 0.5) is 10.1 Å². The number of halogens is 2. The normalized spacial score (nSPS) is 12.4. The van der Waals surface area contributed by atoms with E-state index in [2.05, 4.69) is 5.32 Å². The van der Waals surface area contributed by atoms with Crippen molar-refractivity contribution >= 4 is 40.9 Å². The standard InChI is InChI=1S/C16H21ClFNO3S/c1-8(2)15(20)19-13-7-14(11(17)6-12(13)18)23-10(5)16(21)22-9(3)4/h6-10H,1-5H3,(H,19,20). The molecule has 7 heteroatoms. The van der Waals surface area contributed by atoms with Crippen LogP contribution < -0.4 is 5.32 Å². The summed E-state index contributed by atoms with van der Waals surface area (Å²) in [4.78, 5) is 24.1. The third-order valence-electron chi connectivity index (χ3n) is 2.79. The minimum atomic E-state index is -0.620. The molecule has 4 nitrogen and oxygen atoms in total. The van der Waals surface area contributed by atoms with Crippen molar-refractivity contribution in [2.45, 2.75) is 50.9 Å². The Bertz CT molecular complexity index is 593. The quantitative estimate of drug-likeness (QED) is 0.598. The maximum atomic E-state index is 13.9. The zero-order valence-electron chi connectivity index (χ0n) is 13.8. The molecule has 0 heterocycles. The van der Waals surface area contributed by atoms with Crippen LogP contribution in [0.2, 0.25) is 5.02 Å². The molecule has 1 unspecified atom stereocenters. The van der Waals surface area contributed by atoms with Crippen molar-refractivity contribution in [2.75, 3.05) is 5.32 Å². The van der Waals surface area contributed by atoms with E-state index in [9.17, 15) is 14.0 Å². The topological polar surface area (TPSA) is 55.4 Å². The highest BCUT2D eigenvalue weighted by Gasteiger charge is 2.20. The second-order valence-electron chi connectivity index (χ2n) is 5.65. The van der Waals surface area contributed by atoms with Crippen LogP contribution in [-0.2, 0) is 14.3 Å². The van der Waals surface area contributed by atoms with Gasteiger partial charge >= 0.3 is 5.97 Å². The van der Waals surface area contributed by atoms with Gasteiger partial charge in [-0.3, -0.25) is 9.59 Å². The Hall–Kier alpha value is -1.27. The van der Waals surface area contributed by atoms with Gasteiger partial charge in [0.25, 0.3) is 0 Å². The van der Waals surface area contributed by atoms with E-state index in [1.165, 1.54) is 6.07 Å². The van der Waals surface area contributed by atoms with Crippen molar-refractivity contribution < 1.29 is 18.7 Å². The summed E-state index contributed by atoms with van der Waals surface area (Å²) in [5.41, 5.74) is 0.0417. The van der Waals surface area contributed by atoms with Crippen LogP contribution in [0.1, 0.15) is 34.6 Å². The van der Waals surface area contributed by atoms with Crippen LogP contribution >= 0.6 is 23.4 Å². The number of hydrogen-bond acceptors (Lipinski definition) is 4. The summed E-state index contributed by atoms with van der Waals surface area (Å²) < 4.78 is 19.0. The molecule has 0 aromatic heterocycles. The maximum absolute atomic E-state index is 13.9. The molecule has 1 atom stereocenters. The highest BCUT2D eigenvalue weighted by Crippen LogP contribution is 2.35. The van der Waals surface area contributed by atoms with Crippen LogP contribution in [0, 0.1) is 11.7 Å². The molecule has 128 valence electrons. The van der Waals surface area contributed by atoms with Gasteiger partial charge in [0, 0.05) is 10.8 Å². The van der Waals surface area contributed by atoms with Crippen molar-refractivity contribution in [3.05, 3.63) is 23.0 Å². The average molecular weight is 362 g/mol. The summed E-state index contributed by atoms with van der Waals surface area (Å²) in [6.07, 6.45) is -0.213. The summed E-state index contributed by atoms with van der Waals surface area (Å²) in [6.45, 7) is 8.63. The number of thioether (sulfide) groups is 1. The van der Waals surface area contributed by atoms with Gasteiger partial charge in [0.2, 0.25) is 5.91 Å². The van der Waals surface area contributed by atoms with Crippen LogP contribution in [0.3, 0.4) is 0 Å². The minimum Gasteiger partial charge on any atom is -0.462 e. The molecule has 1 aromatic carbocycles. The molecule has 0 fully saturated rings. The number of esters is 1. The number of benzene rings is 1. The first-order chi connectivity index (χ1) is 10.6. The number of carbonyl (C=O) groups is 2. The van der Waals surface area contributed by atoms with Gasteiger partial charge in [-0.2, -0.15) is 0 Å². The number of amides is 1. The van der Waals surface area contributed by atoms with Crippen LogP contribution in [0.15, 0.2) is 17.0 Å². The molecule has 0 saturated heterocycles. The predicted molar refractivity (Wildman–Crippen MR) is 91.4 cm³/mol. The molecule has 0 spiro atoms. The second kappa shape index (κ2) is 8.55. The lowest BCUT2D eigenvalue weighted by Crippen LogP contribution is -2.21. The third kappa shape index (κ3) is 6.03. The molecule has 0 saturated carbocycles. The SMILES string of the molecule is CC(C)OC(=O)C(C)Sc1cc(NC(=O)C(C)C)c(F)cc1Cl. The molecule has 0 aliphatic rings. The van der Waals surface area contributed by atoms with E-state index in [4.69, 9.17) is 16.3 Å². The van der Waals surface area contributed by atoms with Gasteiger partial charge < -0.3 is 10.1 Å². The molecular formula is C16H21ClFNO3S. The van der Waals surface area contributed by atoms with E-state index in [1.54, 1.807) is 34.6 Å². The van der Waals surface area contributed by atoms with Crippen molar-refractivity contribution in [1.29, 1.82) is 0 Å². The van der Waals surface area contributed by atoms with Gasteiger partial charge in [-0.05, 0) is 32.9 Å². The molecule has 1 rings (SSSR count). The molecule has 1 amide bonds. The second-order valence-corrected chi connectivity index (χ2v) is 7.44. The first-order valence-electron chi connectivity index (χ1n) is 7.28.